The van der Waals surface area contributed by atoms with E-state index in [2.05, 4.69) is 6.07 Å². The molecule has 0 radical (unpaired) electrons. The van der Waals surface area contributed by atoms with Gasteiger partial charge in [-0.1, -0.05) is 42.5 Å². The Morgan fingerprint density at radius 3 is 2.50 bits per heavy atom. The van der Waals surface area contributed by atoms with E-state index >= 15 is 0 Å². The Bertz CT molecular complexity index is 1040. The Labute approximate surface area is 180 Å². The van der Waals surface area contributed by atoms with E-state index < -0.39 is 22.0 Å². The molecule has 1 unspecified atom stereocenters. The lowest BCUT2D eigenvalue weighted by Gasteiger charge is -2.29. The molecule has 158 valence electrons. The zero-order valence-electron chi connectivity index (χ0n) is 16.3. The quantitative estimate of drug-likeness (QED) is 0.652. The molecule has 2 aliphatic rings. The fourth-order valence-electron chi connectivity index (χ4n) is 3.61. The van der Waals surface area contributed by atoms with Crippen molar-refractivity contribution >= 4 is 33.7 Å². The largest absolute Gasteiger partial charge is 0.454 e. The van der Waals surface area contributed by atoms with Crippen molar-refractivity contribution in [3.8, 4) is 0 Å². The van der Waals surface area contributed by atoms with E-state index in [0.717, 1.165) is 16.3 Å². The predicted molar refractivity (Wildman–Crippen MR) is 113 cm³/mol. The second-order valence-corrected chi connectivity index (χ2v) is 10.1. The van der Waals surface area contributed by atoms with Crippen LogP contribution in [0.2, 0.25) is 0 Å². The third-order valence-corrected chi connectivity index (χ3v) is 8.33. The predicted octanol–water partition coefficient (Wildman–Crippen LogP) is 1.88. The number of nitrogens with zero attached hydrogens (tertiary/aromatic N) is 2. The maximum Gasteiger partial charge on any atom is 0.325 e. The molecule has 1 atom stereocenters. The van der Waals surface area contributed by atoms with Crippen LogP contribution in [0.4, 0.5) is 0 Å². The lowest BCUT2D eigenvalue weighted by molar-refractivity contribution is -0.154. The van der Waals surface area contributed by atoms with Crippen molar-refractivity contribution in [1.82, 2.24) is 9.21 Å². The average Bonchev–Trinajstić information content (AvgIpc) is 3.28. The molecule has 1 saturated heterocycles. The molecule has 2 aromatic carbocycles. The minimum atomic E-state index is -3.81. The minimum absolute atomic E-state index is 0.133. The van der Waals surface area contributed by atoms with Gasteiger partial charge in [-0.25, -0.2) is 8.42 Å². The fourth-order valence-corrected chi connectivity index (χ4v) is 6.75. The molecule has 0 aromatic heterocycles. The molecule has 0 N–H and O–H groups in total. The normalized spacial score (nSPS) is 19.3. The number of fused-ring (bicyclic) bond motifs is 1. The summed E-state index contributed by atoms with van der Waals surface area (Å²) in [4.78, 5) is 26.9. The summed E-state index contributed by atoms with van der Waals surface area (Å²) in [5.74, 6) is -0.490. The van der Waals surface area contributed by atoms with Crippen LogP contribution >= 0.6 is 11.8 Å². The van der Waals surface area contributed by atoms with Gasteiger partial charge in [0.25, 0.3) is 5.91 Å². The van der Waals surface area contributed by atoms with Crippen molar-refractivity contribution in [1.29, 1.82) is 0 Å². The number of benzene rings is 2. The van der Waals surface area contributed by atoms with E-state index in [1.165, 1.54) is 29.5 Å². The van der Waals surface area contributed by atoms with Crippen molar-refractivity contribution in [3.05, 3.63) is 65.7 Å². The molecule has 9 heteroatoms. The summed E-state index contributed by atoms with van der Waals surface area (Å²) in [5.41, 5.74) is 2.32. The topological polar surface area (TPSA) is 84.0 Å². The number of esters is 1. The number of ether oxygens (including phenoxy) is 1. The van der Waals surface area contributed by atoms with Gasteiger partial charge in [-0.05, 0) is 29.7 Å². The van der Waals surface area contributed by atoms with Gasteiger partial charge in [-0.2, -0.15) is 4.31 Å². The first kappa shape index (κ1) is 20.9. The number of carbonyl (C=O) groups is 2. The standard InChI is InChI=1S/C21H22N2O5S2/c24-20(22-11-10-16-6-4-5-7-17(16)12-22)13-28-21(25)19-14-29-15-23(19)30(26,27)18-8-2-1-3-9-18/h1-9,19H,10-15H2. The van der Waals surface area contributed by atoms with Crippen LogP contribution in [0.1, 0.15) is 11.1 Å². The Morgan fingerprint density at radius 2 is 1.73 bits per heavy atom. The van der Waals surface area contributed by atoms with Gasteiger partial charge in [-0.3, -0.25) is 9.59 Å². The van der Waals surface area contributed by atoms with Crippen LogP contribution in [-0.4, -0.2) is 60.3 Å². The molecular weight excluding hydrogens is 424 g/mol. The maximum atomic E-state index is 12.9. The highest BCUT2D eigenvalue weighted by Gasteiger charge is 2.41. The SMILES string of the molecule is O=C(OCC(=O)N1CCc2ccccc2C1)C1CSCN1S(=O)(=O)c1ccccc1. The number of amides is 1. The van der Waals surface area contributed by atoms with Crippen LogP contribution in [0.15, 0.2) is 59.5 Å². The Hall–Kier alpha value is -2.36. The number of sulfonamides is 1. The van der Waals surface area contributed by atoms with E-state index in [4.69, 9.17) is 4.74 Å². The zero-order valence-corrected chi connectivity index (χ0v) is 17.9. The van der Waals surface area contributed by atoms with Gasteiger partial charge in [-0.15, -0.1) is 11.8 Å². The van der Waals surface area contributed by atoms with Crippen LogP contribution < -0.4 is 0 Å². The van der Waals surface area contributed by atoms with E-state index in [1.54, 1.807) is 23.1 Å². The smallest absolute Gasteiger partial charge is 0.325 e. The highest BCUT2D eigenvalue weighted by Crippen LogP contribution is 2.29. The summed E-state index contributed by atoms with van der Waals surface area (Å²) in [6.45, 7) is 0.670. The summed E-state index contributed by atoms with van der Waals surface area (Å²) in [7, 11) is -3.81. The van der Waals surface area contributed by atoms with Gasteiger partial charge in [0.1, 0.15) is 6.04 Å². The lowest BCUT2D eigenvalue weighted by Crippen LogP contribution is -2.44. The van der Waals surface area contributed by atoms with Gasteiger partial charge >= 0.3 is 5.97 Å². The molecule has 0 spiro atoms. The third kappa shape index (κ3) is 4.23. The molecule has 0 bridgehead atoms. The van der Waals surface area contributed by atoms with Crippen molar-refractivity contribution in [3.63, 3.8) is 0 Å². The van der Waals surface area contributed by atoms with Crippen molar-refractivity contribution in [2.75, 3.05) is 24.8 Å². The third-order valence-electron chi connectivity index (χ3n) is 5.29. The molecule has 4 rings (SSSR count). The number of carbonyl (C=O) groups excluding carboxylic acids is 2. The van der Waals surface area contributed by atoms with Gasteiger partial charge in [0.05, 0.1) is 10.8 Å². The van der Waals surface area contributed by atoms with Crippen LogP contribution in [0.5, 0.6) is 0 Å². The van der Waals surface area contributed by atoms with E-state index in [-0.39, 0.29) is 23.3 Å². The van der Waals surface area contributed by atoms with Gasteiger partial charge in [0, 0.05) is 18.8 Å². The van der Waals surface area contributed by atoms with Crippen LogP contribution in [0, 0.1) is 0 Å². The summed E-state index contributed by atoms with van der Waals surface area (Å²) >= 11 is 1.35. The number of thioether (sulfide) groups is 1. The first-order chi connectivity index (χ1) is 14.5. The molecule has 2 heterocycles. The summed E-state index contributed by atoms with van der Waals surface area (Å²) in [6.07, 6.45) is 0.762. The van der Waals surface area contributed by atoms with Crippen LogP contribution in [0.25, 0.3) is 0 Å². The molecular formula is C21H22N2O5S2. The minimum Gasteiger partial charge on any atom is -0.454 e. The van der Waals surface area contributed by atoms with E-state index in [1.807, 2.05) is 18.2 Å². The van der Waals surface area contributed by atoms with Gasteiger partial charge < -0.3 is 9.64 Å². The summed E-state index contributed by atoms with van der Waals surface area (Å²) in [5, 5.41) is 0. The molecule has 1 amide bonds. The molecule has 1 fully saturated rings. The molecule has 30 heavy (non-hydrogen) atoms. The number of hydrogen-bond acceptors (Lipinski definition) is 6. The second kappa shape index (κ2) is 8.79. The van der Waals surface area contributed by atoms with Crippen LogP contribution in [0.3, 0.4) is 0 Å². The molecule has 0 saturated carbocycles. The highest BCUT2D eigenvalue weighted by atomic mass is 32.2. The van der Waals surface area contributed by atoms with Gasteiger partial charge in [0.15, 0.2) is 6.61 Å². The first-order valence-corrected chi connectivity index (χ1v) is 12.2. The molecule has 0 aliphatic carbocycles. The average molecular weight is 447 g/mol. The highest BCUT2D eigenvalue weighted by molar-refractivity contribution is 8.00. The van der Waals surface area contributed by atoms with Crippen LogP contribution in [-0.2, 0) is 37.3 Å². The number of rotatable bonds is 5. The fraction of sp³-hybridized carbons (Fsp3) is 0.333. The van der Waals surface area contributed by atoms with Crippen molar-refractivity contribution in [2.45, 2.75) is 23.9 Å². The summed E-state index contributed by atoms with van der Waals surface area (Å²) < 4.78 is 32.2. The Kier molecular flexibility index (Phi) is 6.12. The number of hydrogen-bond donors (Lipinski definition) is 0. The first-order valence-electron chi connectivity index (χ1n) is 9.62. The van der Waals surface area contributed by atoms with Gasteiger partial charge in [0.2, 0.25) is 10.0 Å². The van der Waals surface area contributed by atoms with Crippen molar-refractivity contribution < 1.29 is 22.7 Å². The monoisotopic (exact) mass is 446 g/mol. The Morgan fingerprint density at radius 1 is 1.03 bits per heavy atom. The second-order valence-electron chi connectivity index (χ2n) is 7.16. The summed E-state index contributed by atoms with van der Waals surface area (Å²) in [6, 6.07) is 15.0. The van der Waals surface area contributed by atoms with Crippen molar-refractivity contribution in [2.24, 2.45) is 0 Å². The zero-order chi connectivity index (χ0) is 21.1. The molecule has 7 nitrogen and oxygen atoms in total. The lowest BCUT2D eigenvalue weighted by atomic mass is 10.00. The Balaban J connectivity index is 1.37. The van der Waals surface area contributed by atoms with E-state index in [0.29, 0.717) is 18.8 Å². The maximum absolute atomic E-state index is 12.9. The van der Waals surface area contributed by atoms with E-state index in [9.17, 15) is 18.0 Å². The molecule has 2 aromatic rings. The molecule has 2 aliphatic heterocycles.